The van der Waals surface area contributed by atoms with Crippen molar-refractivity contribution in [2.75, 3.05) is 32.1 Å². The molecule has 0 saturated carbocycles. The highest BCUT2D eigenvalue weighted by Crippen LogP contribution is 2.28. The standard InChI is InChI=1S/C20H25N3O/c1-15-6-4-7-16(12-15)18-8-5-11-23(14-18)20(24)17-9-10-21-19(13-17)22(2)3/h4,6-7,9-10,12-13,18H,5,8,11,14H2,1-3H3/t18-/m0/s1. The van der Waals surface area contributed by atoms with Crippen molar-refractivity contribution in [3.05, 3.63) is 59.3 Å². The second kappa shape index (κ2) is 7.04. The molecule has 1 aromatic heterocycles. The van der Waals surface area contributed by atoms with Crippen LogP contribution >= 0.6 is 0 Å². The second-order valence-corrected chi connectivity index (χ2v) is 6.80. The monoisotopic (exact) mass is 323 g/mol. The number of carbonyl (C=O) groups excluding carboxylic acids is 1. The van der Waals surface area contributed by atoms with Crippen molar-refractivity contribution in [1.29, 1.82) is 0 Å². The Morgan fingerprint density at radius 1 is 1.25 bits per heavy atom. The number of likely N-dealkylation sites (tertiary alicyclic amines) is 1. The van der Waals surface area contributed by atoms with Crippen molar-refractivity contribution in [2.45, 2.75) is 25.7 Å². The van der Waals surface area contributed by atoms with Crippen LogP contribution in [0.25, 0.3) is 0 Å². The van der Waals surface area contributed by atoms with E-state index in [2.05, 4.69) is 36.2 Å². The summed E-state index contributed by atoms with van der Waals surface area (Å²) in [6.45, 7) is 3.75. The Morgan fingerprint density at radius 2 is 2.08 bits per heavy atom. The molecule has 1 aliphatic heterocycles. The number of hydrogen-bond acceptors (Lipinski definition) is 3. The zero-order valence-electron chi connectivity index (χ0n) is 14.7. The van der Waals surface area contributed by atoms with Crippen LogP contribution < -0.4 is 4.90 Å². The number of hydrogen-bond donors (Lipinski definition) is 0. The second-order valence-electron chi connectivity index (χ2n) is 6.80. The average molecular weight is 323 g/mol. The van der Waals surface area contributed by atoms with Gasteiger partial charge in [-0.1, -0.05) is 29.8 Å². The number of nitrogens with zero attached hydrogens (tertiary/aromatic N) is 3. The van der Waals surface area contributed by atoms with Crippen LogP contribution in [0.15, 0.2) is 42.6 Å². The van der Waals surface area contributed by atoms with Crippen LogP contribution in [0.4, 0.5) is 5.82 Å². The lowest BCUT2D eigenvalue weighted by molar-refractivity contribution is 0.0707. The molecule has 126 valence electrons. The summed E-state index contributed by atoms with van der Waals surface area (Å²) < 4.78 is 0. The summed E-state index contributed by atoms with van der Waals surface area (Å²) in [6.07, 6.45) is 3.91. The SMILES string of the molecule is Cc1cccc([C@H]2CCCN(C(=O)c3ccnc(N(C)C)c3)C2)c1. The van der Waals surface area contributed by atoms with Crippen LogP contribution in [0.2, 0.25) is 0 Å². The number of aryl methyl sites for hydroxylation is 1. The Balaban J connectivity index is 1.77. The molecule has 2 heterocycles. The molecule has 0 aliphatic carbocycles. The van der Waals surface area contributed by atoms with Gasteiger partial charge in [-0.2, -0.15) is 0 Å². The molecule has 1 atom stereocenters. The van der Waals surface area contributed by atoms with E-state index in [9.17, 15) is 4.79 Å². The van der Waals surface area contributed by atoms with Gasteiger partial charge in [0, 0.05) is 44.9 Å². The van der Waals surface area contributed by atoms with Gasteiger partial charge in [0.25, 0.3) is 5.91 Å². The largest absolute Gasteiger partial charge is 0.363 e. The maximum atomic E-state index is 12.9. The number of rotatable bonds is 3. The third-order valence-electron chi connectivity index (χ3n) is 4.67. The lowest BCUT2D eigenvalue weighted by atomic mass is 9.89. The maximum Gasteiger partial charge on any atom is 0.254 e. The fourth-order valence-corrected chi connectivity index (χ4v) is 3.34. The Kier molecular flexibility index (Phi) is 4.84. The number of aromatic nitrogens is 1. The maximum absolute atomic E-state index is 12.9. The van der Waals surface area contributed by atoms with E-state index >= 15 is 0 Å². The quantitative estimate of drug-likeness (QED) is 0.868. The molecule has 0 N–H and O–H groups in total. The summed E-state index contributed by atoms with van der Waals surface area (Å²) in [5.74, 6) is 1.35. The van der Waals surface area contributed by atoms with E-state index in [-0.39, 0.29) is 5.91 Å². The highest BCUT2D eigenvalue weighted by atomic mass is 16.2. The Morgan fingerprint density at radius 3 is 2.83 bits per heavy atom. The van der Waals surface area contributed by atoms with Gasteiger partial charge in [0.15, 0.2) is 0 Å². The van der Waals surface area contributed by atoms with Gasteiger partial charge in [0.1, 0.15) is 5.82 Å². The minimum absolute atomic E-state index is 0.109. The number of amides is 1. The van der Waals surface area contributed by atoms with Gasteiger partial charge in [0.2, 0.25) is 0 Å². The van der Waals surface area contributed by atoms with Crippen LogP contribution in [-0.2, 0) is 0 Å². The lowest BCUT2D eigenvalue weighted by Crippen LogP contribution is -2.39. The molecule has 2 aromatic rings. The third kappa shape index (κ3) is 3.58. The predicted molar refractivity (Wildman–Crippen MR) is 97.6 cm³/mol. The zero-order valence-corrected chi connectivity index (χ0v) is 14.7. The van der Waals surface area contributed by atoms with Crippen molar-refractivity contribution in [1.82, 2.24) is 9.88 Å². The average Bonchev–Trinajstić information content (AvgIpc) is 2.61. The van der Waals surface area contributed by atoms with Crippen LogP contribution in [0.3, 0.4) is 0 Å². The molecule has 3 rings (SSSR count). The number of carbonyl (C=O) groups is 1. The van der Waals surface area contributed by atoms with E-state index in [1.165, 1.54) is 11.1 Å². The summed E-state index contributed by atoms with van der Waals surface area (Å²) >= 11 is 0. The Labute approximate surface area is 144 Å². The Hall–Kier alpha value is -2.36. The van der Waals surface area contributed by atoms with Crippen molar-refractivity contribution in [2.24, 2.45) is 0 Å². The minimum atomic E-state index is 0.109. The first kappa shape index (κ1) is 16.5. The van der Waals surface area contributed by atoms with Crippen LogP contribution in [0, 0.1) is 6.92 Å². The molecule has 0 radical (unpaired) electrons. The lowest BCUT2D eigenvalue weighted by Gasteiger charge is -2.33. The smallest absolute Gasteiger partial charge is 0.254 e. The van der Waals surface area contributed by atoms with Gasteiger partial charge in [-0.25, -0.2) is 4.98 Å². The fraction of sp³-hybridized carbons (Fsp3) is 0.400. The molecule has 1 fully saturated rings. The molecule has 1 aliphatic rings. The number of pyridine rings is 1. The zero-order chi connectivity index (χ0) is 17.1. The van der Waals surface area contributed by atoms with Crippen molar-refractivity contribution in [3.63, 3.8) is 0 Å². The summed E-state index contributed by atoms with van der Waals surface area (Å²) in [4.78, 5) is 21.1. The first-order valence-corrected chi connectivity index (χ1v) is 8.54. The minimum Gasteiger partial charge on any atom is -0.363 e. The van der Waals surface area contributed by atoms with Crippen LogP contribution in [0.5, 0.6) is 0 Å². The molecule has 4 heteroatoms. The van der Waals surface area contributed by atoms with E-state index < -0.39 is 0 Å². The van der Waals surface area contributed by atoms with Gasteiger partial charge in [-0.3, -0.25) is 4.79 Å². The normalized spacial score (nSPS) is 17.6. The molecule has 4 nitrogen and oxygen atoms in total. The van der Waals surface area contributed by atoms with Crippen molar-refractivity contribution in [3.8, 4) is 0 Å². The number of benzene rings is 1. The van der Waals surface area contributed by atoms with E-state index in [0.29, 0.717) is 5.92 Å². The summed E-state index contributed by atoms with van der Waals surface area (Å²) in [5, 5.41) is 0. The molecular formula is C20H25N3O. The first-order valence-electron chi connectivity index (χ1n) is 8.54. The predicted octanol–water partition coefficient (Wildman–Crippen LogP) is 3.48. The van der Waals surface area contributed by atoms with E-state index in [1.807, 2.05) is 36.0 Å². The summed E-state index contributed by atoms with van der Waals surface area (Å²) in [6, 6.07) is 12.3. The summed E-state index contributed by atoms with van der Waals surface area (Å²) in [7, 11) is 3.87. The fourth-order valence-electron chi connectivity index (χ4n) is 3.34. The van der Waals surface area contributed by atoms with Gasteiger partial charge in [-0.15, -0.1) is 0 Å². The van der Waals surface area contributed by atoms with Crippen LogP contribution in [-0.4, -0.2) is 43.0 Å². The number of piperidine rings is 1. The molecule has 1 amide bonds. The Bertz CT molecular complexity index is 726. The first-order chi connectivity index (χ1) is 11.5. The molecule has 0 unspecified atom stereocenters. The summed E-state index contributed by atoms with van der Waals surface area (Å²) in [5.41, 5.74) is 3.34. The molecule has 24 heavy (non-hydrogen) atoms. The molecule has 0 spiro atoms. The molecule has 1 saturated heterocycles. The van der Waals surface area contributed by atoms with Gasteiger partial charge in [0.05, 0.1) is 0 Å². The molecule has 0 bridgehead atoms. The van der Waals surface area contributed by atoms with E-state index in [0.717, 1.165) is 37.3 Å². The van der Waals surface area contributed by atoms with E-state index in [4.69, 9.17) is 0 Å². The molecule has 1 aromatic carbocycles. The van der Waals surface area contributed by atoms with Crippen molar-refractivity contribution < 1.29 is 4.79 Å². The van der Waals surface area contributed by atoms with Gasteiger partial charge >= 0.3 is 0 Å². The van der Waals surface area contributed by atoms with E-state index in [1.54, 1.807) is 6.20 Å². The highest BCUT2D eigenvalue weighted by molar-refractivity contribution is 5.95. The van der Waals surface area contributed by atoms with Crippen molar-refractivity contribution >= 4 is 11.7 Å². The van der Waals surface area contributed by atoms with Gasteiger partial charge < -0.3 is 9.80 Å². The molecular weight excluding hydrogens is 298 g/mol. The van der Waals surface area contributed by atoms with Gasteiger partial charge in [-0.05, 0) is 37.5 Å². The number of anilines is 1. The topological polar surface area (TPSA) is 36.4 Å². The third-order valence-corrected chi connectivity index (χ3v) is 4.67. The highest BCUT2D eigenvalue weighted by Gasteiger charge is 2.25. The van der Waals surface area contributed by atoms with Crippen LogP contribution in [0.1, 0.15) is 40.2 Å².